The van der Waals surface area contributed by atoms with Crippen molar-refractivity contribution in [2.75, 3.05) is 0 Å². The lowest BCUT2D eigenvalue weighted by Gasteiger charge is -2.05. The van der Waals surface area contributed by atoms with Crippen molar-refractivity contribution in [1.29, 1.82) is 0 Å². The fourth-order valence-electron chi connectivity index (χ4n) is 1.06. The second kappa shape index (κ2) is 10.9. The molecule has 0 bridgehead atoms. The standard InChI is InChI=1S/C6H12.C2H6.H2O/c1-2-4-6-5-3-1;1-2;/h1-6H2;1-2H3;1H2. The first kappa shape index (κ1) is 11.7. The normalized spacial score (nSPS) is 16.7. The van der Waals surface area contributed by atoms with Gasteiger partial charge in [0, 0.05) is 0 Å². The third-order valence-corrected chi connectivity index (χ3v) is 1.50. The summed E-state index contributed by atoms with van der Waals surface area (Å²) >= 11 is 0. The van der Waals surface area contributed by atoms with E-state index in [2.05, 4.69) is 0 Å². The van der Waals surface area contributed by atoms with Crippen LogP contribution in [0.15, 0.2) is 0 Å². The highest BCUT2D eigenvalue weighted by molar-refractivity contribution is 4.51. The quantitative estimate of drug-likeness (QED) is 0.485. The van der Waals surface area contributed by atoms with Gasteiger partial charge in [0.15, 0.2) is 0 Å². The van der Waals surface area contributed by atoms with E-state index in [1.807, 2.05) is 13.8 Å². The molecule has 1 aliphatic carbocycles. The predicted molar refractivity (Wildman–Crippen MR) is 42.7 cm³/mol. The summed E-state index contributed by atoms with van der Waals surface area (Å²) in [6.07, 6.45) is 9.00. The minimum atomic E-state index is 0. The van der Waals surface area contributed by atoms with E-state index in [0.717, 1.165) is 0 Å². The van der Waals surface area contributed by atoms with E-state index in [4.69, 9.17) is 0 Å². The van der Waals surface area contributed by atoms with E-state index >= 15 is 0 Å². The van der Waals surface area contributed by atoms with Crippen LogP contribution < -0.4 is 0 Å². The summed E-state index contributed by atoms with van der Waals surface area (Å²) in [5.74, 6) is 0. The fourth-order valence-corrected chi connectivity index (χ4v) is 1.06. The molecule has 0 unspecified atom stereocenters. The van der Waals surface area contributed by atoms with Crippen molar-refractivity contribution in [3.63, 3.8) is 0 Å². The molecule has 0 aromatic carbocycles. The predicted octanol–water partition coefficient (Wildman–Crippen LogP) is 2.54. The molecule has 0 radical (unpaired) electrons. The highest BCUT2D eigenvalue weighted by Gasteiger charge is 1.95. The van der Waals surface area contributed by atoms with E-state index in [9.17, 15) is 0 Å². The molecule has 1 fully saturated rings. The molecule has 1 saturated carbocycles. The van der Waals surface area contributed by atoms with Crippen molar-refractivity contribution in [2.24, 2.45) is 0 Å². The van der Waals surface area contributed by atoms with Gasteiger partial charge in [0.25, 0.3) is 0 Å². The second-order valence-electron chi connectivity index (χ2n) is 2.12. The Hall–Kier alpha value is -0.0400. The Bertz CT molecular complexity index is 20.0. The van der Waals surface area contributed by atoms with E-state index < -0.39 is 0 Å². The van der Waals surface area contributed by atoms with E-state index in [1.165, 1.54) is 38.5 Å². The van der Waals surface area contributed by atoms with E-state index in [1.54, 1.807) is 0 Å². The Labute approximate surface area is 58.8 Å². The largest absolute Gasteiger partial charge is 0.412 e. The van der Waals surface area contributed by atoms with Crippen LogP contribution in [0.4, 0.5) is 0 Å². The van der Waals surface area contributed by atoms with Crippen LogP contribution in [0.5, 0.6) is 0 Å². The first-order valence-corrected chi connectivity index (χ1v) is 4.00. The molecule has 0 amide bonds. The maximum Gasteiger partial charge on any atom is -0.0533 e. The highest BCUT2D eigenvalue weighted by atomic mass is 16.0. The van der Waals surface area contributed by atoms with Crippen LogP contribution in [-0.4, -0.2) is 5.48 Å². The molecule has 0 aromatic rings. The SMILES string of the molecule is C1CCCCC1.CC.O. The van der Waals surface area contributed by atoms with Gasteiger partial charge in [-0.1, -0.05) is 52.4 Å². The topological polar surface area (TPSA) is 31.5 Å². The Morgan fingerprint density at radius 2 is 0.667 bits per heavy atom. The zero-order chi connectivity index (χ0) is 6.24. The van der Waals surface area contributed by atoms with Crippen molar-refractivity contribution in [3.8, 4) is 0 Å². The van der Waals surface area contributed by atoms with Gasteiger partial charge in [-0.3, -0.25) is 0 Å². The molecule has 0 saturated heterocycles. The summed E-state index contributed by atoms with van der Waals surface area (Å²) in [6.45, 7) is 4.00. The monoisotopic (exact) mass is 132 g/mol. The van der Waals surface area contributed by atoms with Crippen LogP contribution >= 0.6 is 0 Å². The molecule has 0 spiro atoms. The van der Waals surface area contributed by atoms with Crippen molar-refractivity contribution in [3.05, 3.63) is 0 Å². The summed E-state index contributed by atoms with van der Waals surface area (Å²) in [6, 6.07) is 0. The minimum absolute atomic E-state index is 0. The molecule has 0 heterocycles. The van der Waals surface area contributed by atoms with Gasteiger partial charge in [0.2, 0.25) is 0 Å². The van der Waals surface area contributed by atoms with Gasteiger partial charge in [0.1, 0.15) is 0 Å². The van der Waals surface area contributed by atoms with Gasteiger partial charge in [0.05, 0.1) is 0 Å². The van der Waals surface area contributed by atoms with Gasteiger partial charge >= 0.3 is 0 Å². The van der Waals surface area contributed by atoms with Gasteiger partial charge in [-0.15, -0.1) is 0 Å². The number of hydrogen-bond acceptors (Lipinski definition) is 0. The van der Waals surface area contributed by atoms with Gasteiger partial charge < -0.3 is 5.48 Å². The zero-order valence-electron chi connectivity index (χ0n) is 6.74. The van der Waals surface area contributed by atoms with E-state index in [0.29, 0.717) is 0 Å². The van der Waals surface area contributed by atoms with Crippen molar-refractivity contribution < 1.29 is 5.48 Å². The zero-order valence-corrected chi connectivity index (χ0v) is 6.74. The summed E-state index contributed by atoms with van der Waals surface area (Å²) in [5.41, 5.74) is 0. The smallest absolute Gasteiger partial charge is 0.0533 e. The van der Waals surface area contributed by atoms with Crippen LogP contribution in [0.2, 0.25) is 0 Å². The van der Waals surface area contributed by atoms with E-state index in [-0.39, 0.29) is 5.48 Å². The summed E-state index contributed by atoms with van der Waals surface area (Å²) in [5, 5.41) is 0. The lowest BCUT2D eigenvalue weighted by atomic mass is 10.0. The molecule has 1 nitrogen and oxygen atoms in total. The van der Waals surface area contributed by atoms with Gasteiger partial charge in [-0.2, -0.15) is 0 Å². The van der Waals surface area contributed by atoms with Crippen LogP contribution in [0, 0.1) is 0 Å². The average molecular weight is 132 g/mol. The Balaban J connectivity index is 0. The molecule has 58 valence electrons. The Morgan fingerprint density at radius 1 is 0.556 bits per heavy atom. The molecule has 1 rings (SSSR count). The number of hydrogen-bond donors (Lipinski definition) is 0. The molecule has 1 heteroatoms. The summed E-state index contributed by atoms with van der Waals surface area (Å²) in [4.78, 5) is 0. The molecule has 0 aliphatic heterocycles. The Kier molecular flexibility index (Phi) is 14.1. The molecular weight excluding hydrogens is 112 g/mol. The Morgan fingerprint density at radius 3 is 0.778 bits per heavy atom. The first-order valence-electron chi connectivity index (χ1n) is 4.00. The maximum atomic E-state index is 2.00. The van der Waals surface area contributed by atoms with Gasteiger partial charge in [-0.25, -0.2) is 0 Å². The average Bonchev–Trinajstić information content (AvgIpc) is 1.96. The van der Waals surface area contributed by atoms with Crippen molar-refractivity contribution in [2.45, 2.75) is 52.4 Å². The fraction of sp³-hybridized carbons (Fsp3) is 1.00. The van der Waals surface area contributed by atoms with Crippen LogP contribution in [0.25, 0.3) is 0 Å². The lowest BCUT2D eigenvalue weighted by molar-refractivity contribution is 0.504. The summed E-state index contributed by atoms with van der Waals surface area (Å²) in [7, 11) is 0. The van der Waals surface area contributed by atoms with Crippen LogP contribution in [0.1, 0.15) is 52.4 Å². The minimum Gasteiger partial charge on any atom is -0.412 e. The van der Waals surface area contributed by atoms with Crippen LogP contribution in [0.3, 0.4) is 0 Å². The maximum absolute atomic E-state index is 2.00. The summed E-state index contributed by atoms with van der Waals surface area (Å²) < 4.78 is 0. The second-order valence-corrected chi connectivity index (χ2v) is 2.12. The van der Waals surface area contributed by atoms with Crippen molar-refractivity contribution in [1.82, 2.24) is 0 Å². The first-order chi connectivity index (χ1) is 4.00. The third-order valence-electron chi connectivity index (χ3n) is 1.50. The molecule has 0 atom stereocenters. The molecular formula is C8H20O. The molecule has 1 aliphatic rings. The van der Waals surface area contributed by atoms with Crippen LogP contribution in [-0.2, 0) is 0 Å². The van der Waals surface area contributed by atoms with Crippen molar-refractivity contribution >= 4 is 0 Å². The van der Waals surface area contributed by atoms with Gasteiger partial charge in [-0.05, 0) is 0 Å². The highest BCUT2D eigenvalue weighted by Crippen LogP contribution is 2.15. The third kappa shape index (κ3) is 7.96. The molecule has 2 N–H and O–H groups in total. The molecule has 9 heavy (non-hydrogen) atoms. The lowest BCUT2D eigenvalue weighted by Crippen LogP contribution is -1.85. The molecule has 0 aromatic heterocycles. The number of rotatable bonds is 0.